The Morgan fingerprint density at radius 1 is 1.31 bits per heavy atom. The molecule has 2 aromatic rings. The van der Waals surface area contributed by atoms with Gasteiger partial charge in [-0.3, -0.25) is 0 Å². The molecule has 0 saturated carbocycles. The van der Waals surface area contributed by atoms with Gasteiger partial charge in [-0.2, -0.15) is 0 Å². The van der Waals surface area contributed by atoms with Gasteiger partial charge in [0.1, 0.15) is 11.6 Å². The second-order valence-corrected chi connectivity index (χ2v) is 3.85. The molecule has 0 aliphatic carbocycles. The Labute approximate surface area is 97.9 Å². The van der Waals surface area contributed by atoms with Crippen LogP contribution in [0, 0.1) is 12.7 Å². The van der Waals surface area contributed by atoms with Crippen LogP contribution in [0.4, 0.5) is 4.39 Å². The molecular formula is C11H11ClFN3. The second kappa shape index (κ2) is 4.61. The van der Waals surface area contributed by atoms with E-state index < -0.39 is 0 Å². The SMILES string of the molecule is Cc1nnc(Cl)n1CCc1ccccc1F. The minimum absolute atomic E-state index is 0.190. The van der Waals surface area contributed by atoms with Gasteiger partial charge in [-0.1, -0.05) is 18.2 Å². The van der Waals surface area contributed by atoms with E-state index >= 15 is 0 Å². The highest BCUT2D eigenvalue weighted by Crippen LogP contribution is 2.12. The first-order valence-corrected chi connectivity index (χ1v) is 5.35. The molecule has 84 valence electrons. The van der Waals surface area contributed by atoms with Crippen molar-refractivity contribution in [3.63, 3.8) is 0 Å². The molecule has 16 heavy (non-hydrogen) atoms. The molecule has 0 radical (unpaired) electrons. The van der Waals surface area contributed by atoms with Crippen LogP contribution in [-0.2, 0) is 13.0 Å². The van der Waals surface area contributed by atoms with E-state index in [2.05, 4.69) is 10.2 Å². The number of aryl methyl sites for hydroxylation is 2. The highest BCUT2D eigenvalue weighted by Gasteiger charge is 2.07. The van der Waals surface area contributed by atoms with Crippen molar-refractivity contribution >= 4 is 11.6 Å². The second-order valence-electron chi connectivity index (χ2n) is 3.51. The van der Waals surface area contributed by atoms with Crippen LogP contribution in [0.2, 0.25) is 5.28 Å². The largest absolute Gasteiger partial charge is 0.302 e. The van der Waals surface area contributed by atoms with Crippen LogP contribution in [0.25, 0.3) is 0 Å². The van der Waals surface area contributed by atoms with Crippen molar-refractivity contribution in [1.82, 2.24) is 14.8 Å². The van der Waals surface area contributed by atoms with E-state index in [1.54, 1.807) is 16.7 Å². The lowest BCUT2D eigenvalue weighted by Crippen LogP contribution is -2.04. The minimum Gasteiger partial charge on any atom is -0.302 e. The lowest BCUT2D eigenvalue weighted by molar-refractivity contribution is 0.590. The van der Waals surface area contributed by atoms with E-state index in [1.807, 2.05) is 13.0 Å². The fraction of sp³-hybridized carbons (Fsp3) is 0.273. The van der Waals surface area contributed by atoms with Gasteiger partial charge in [0.2, 0.25) is 5.28 Å². The van der Waals surface area contributed by atoms with Crippen molar-refractivity contribution in [2.45, 2.75) is 19.9 Å². The van der Waals surface area contributed by atoms with E-state index in [4.69, 9.17) is 11.6 Å². The molecule has 0 aliphatic rings. The Morgan fingerprint density at radius 2 is 2.06 bits per heavy atom. The van der Waals surface area contributed by atoms with Crippen LogP contribution in [-0.4, -0.2) is 14.8 Å². The van der Waals surface area contributed by atoms with Gasteiger partial charge in [-0.05, 0) is 36.6 Å². The number of halogens is 2. The first-order chi connectivity index (χ1) is 7.68. The third kappa shape index (κ3) is 2.22. The maximum Gasteiger partial charge on any atom is 0.225 e. The minimum atomic E-state index is -0.190. The summed E-state index contributed by atoms with van der Waals surface area (Å²) in [5, 5.41) is 7.92. The zero-order valence-electron chi connectivity index (χ0n) is 8.82. The van der Waals surface area contributed by atoms with Crippen LogP contribution in [0.3, 0.4) is 0 Å². The summed E-state index contributed by atoms with van der Waals surface area (Å²) >= 11 is 5.85. The first kappa shape index (κ1) is 11.1. The highest BCUT2D eigenvalue weighted by atomic mass is 35.5. The Hall–Kier alpha value is -1.42. The fourth-order valence-corrected chi connectivity index (χ4v) is 1.79. The number of hydrogen-bond acceptors (Lipinski definition) is 2. The quantitative estimate of drug-likeness (QED) is 0.824. The Morgan fingerprint density at radius 3 is 2.69 bits per heavy atom. The molecule has 3 nitrogen and oxygen atoms in total. The molecule has 5 heteroatoms. The standard InChI is InChI=1S/C11H11ClFN3/c1-8-14-15-11(12)16(8)7-6-9-4-2-3-5-10(9)13/h2-5H,6-7H2,1H3. The molecule has 2 rings (SSSR count). The van der Waals surface area contributed by atoms with Crippen molar-refractivity contribution in [3.8, 4) is 0 Å². The normalized spacial score (nSPS) is 10.7. The summed E-state index contributed by atoms with van der Waals surface area (Å²) in [5.74, 6) is 0.547. The van der Waals surface area contributed by atoms with Crippen LogP contribution in [0.15, 0.2) is 24.3 Å². The van der Waals surface area contributed by atoms with Crippen molar-refractivity contribution < 1.29 is 4.39 Å². The summed E-state index contributed by atoms with van der Waals surface area (Å²) in [5.41, 5.74) is 0.673. The summed E-state index contributed by atoms with van der Waals surface area (Å²) in [4.78, 5) is 0. The molecule has 0 bridgehead atoms. The van der Waals surface area contributed by atoms with Gasteiger partial charge in [-0.25, -0.2) is 4.39 Å². The average Bonchev–Trinajstić information content (AvgIpc) is 2.58. The van der Waals surface area contributed by atoms with Crippen LogP contribution in [0.5, 0.6) is 0 Å². The first-order valence-electron chi connectivity index (χ1n) is 4.97. The Balaban J connectivity index is 2.11. The molecule has 0 fully saturated rings. The van der Waals surface area contributed by atoms with E-state index in [0.29, 0.717) is 23.8 Å². The molecule has 0 aliphatic heterocycles. The van der Waals surface area contributed by atoms with Gasteiger partial charge in [0, 0.05) is 6.54 Å². The van der Waals surface area contributed by atoms with Gasteiger partial charge < -0.3 is 4.57 Å². The maximum atomic E-state index is 13.3. The lowest BCUT2D eigenvalue weighted by atomic mass is 10.1. The Kier molecular flexibility index (Phi) is 3.19. The van der Waals surface area contributed by atoms with E-state index in [9.17, 15) is 4.39 Å². The summed E-state index contributed by atoms with van der Waals surface area (Å²) in [6, 6.07) is 6.72. The molecule has 0 atom stereocenters. The van der Waals surface area contributed by atoms with Crippen molar-refractivity contribution in [1.29, 1.82) is 0 Å². The molecule has 1 heterocycles. The third-order valence-corrected chi connectivity index (χ3v) is 2.73. The van der Waals surface area contributed by atoms with Crippen molar-refractivity contribution in [2.75, 3.05) is 0 Å². The smallest absolute Gasteiger partial charge is 0.225 e. The summed E-state index contributed by atoms with van der Waals surface area (Å²) < 4.78 is 15.1. The fourth-order valence-electron chi connectivity index (χ4n) is 1.54. The Bertz CT molecular complexity index is 476. The molecule has 0 unspecified atom stereocenters. The molecule has 0 saturated heterocycles. The van der Waals surface area contributed by atoms with E-state index in [0.717, 1.165) is 5.82 Å². The van der Waals surface area contributed by atoms with E-state index in [-0.39, 0.29) is 5.82 Å². The topological polar surface area (TPSA) is 30.7 Å². The van der Waals surface area contributed by atoms with Crippen molar-refractivity contribution in [3.05, 3.63) is 46.8 Å². The van der Waals surface area contributed by atoms with Crippen LogP contribution >= 0.6 is 11.6 Å². The number of aromatic nitrogens is 3. The predicted octanol–water partition coefficient (Wildman–Crippen LogP) is 2.62. The zero-order valence-corrected chi connectivity index (χ0v) is 9.58. The van der Waals surface area contributed by atoms with Crippen LogP contribution < -0.4 is 0 Å². The average molecular weight is 240 g/mol. The van der Waals surface area contributed by atoms with Gasteiger partial charge in [0.25, 0.3) is 0 Å². The maximum absolute atomic E-state index is 13.3. The highest BCUT2D eigenvalue weighted by molar-refractivity contribution is 6.28. The lowest BCUT2D eigenvalue weighted by Gasteiger charge is -2.06. The molecule has 1 aromatic carbocycles. The predicted molar refractivity (Wildman–Crippen MR) is 59.9 cm³/mol. The third-order valence-electron chi connectivity index (χ3n) is 2.45. The van der Waals surface area contributed by atoms with Gasteiger partial charge in [-0.15, -0.1) is 10.2 Å². The molecular weight excluding hydrogens is 229 g/mol. The number of rotatable bonds is 3. The van der Waals surface area contributed by atoms with Gasteiger partial charge in [0.15, 0.2) is 0 Å². The number of hydrogen-bond donors (Lipinski definition) is 0. The monoisotopic (exact) mass is 239 g/mol. The van der Waals surface area contributed by atoms with Crippen molar-refractivity contribution in [2.24, 2.45) is 0 Å². The molecule has 0 spiro atoms. The summed E-state index contributed by atoms with van der Waals surface area (Å²) in [7, 11) is 0. The number of benzene rings is 1. The van der Waals surface area contributed by atoms with Gasteiger partial charge in [0.05, 0.1) is 0 Å². The molecule has 0 N–H and O–H groups in total. The van der Waals surface area contributed by atoms with Gasteiger partial charge >= 0.3 is 0 Å². The molecule has 0 amide bonds. The van der Waals surface area contributed by atoms with E-state index in [1.165, 1.54) is 6.07 Å². The molecule has 1 aromatic heterocycles. The number of nitrogens with zero attached hydrogens (tertiary/aromatic N) is 3. The summed E-state index contributed by atoms with van der Waals surface area (Å²) in [6.45, 7) is 2.40. The zero-order chi connectivity index (χ0) is 11.5. The summed E-state index contributed by atoms with van der Waals surface area (Å²) in [6.07, 6.45) is 0.575. The van der Waals surface area contributed by atoms with Crippen LogP contribution in [0.1, 0.15) is 11.4 Å².